The number of hydrogen-bond acceptors (Lipinski definition) is 5. The van der Waals surface area contributed by atoms with E-state index in [0.29, 0.717) is 0 Å². The van der Waals surface area contributed by atoms with E-state index in [0.717, 1.165) is 18.4 Å². The Morgan fingerprint density at radius 2 is 1.78 bits per heavy atom. The molecule has 0 bridgehead atoms. The Hall–Kier alpha value is -3.17. The molecule has 1 heterocycles. The molecule has 3 rings (SSSR count). The van der Waals surface area contributed by atoms with Crippen LogP contribution in [0.3, 0.4) is 0 Å². The molecular formula is C17H18F3N5O2. The Morgan fingerprint density at radius 1 is 1.11 bits per heavy atom. The van der Waals surface area contributed by atoms with Crippen LogP contribution in [-0.2, 0) is 10.3 Å². The zero-order chi connectivity index (χ0) is 18.7. The third-order valence-electron chi connectivity index (χ3n) is 3.89. The molecule has 1 aliphatic carbocycles. The lowest BCUT2D eigenvalue weighted by Gasteiger charge is -2.18. The number of anilines is 1. The maximum absolute atomic E-state index is 13.4. The van der Waals surface area contributed by atoms with Gasteiger partial charge < -0.3 is 5.32 Å². The predicted octanol–water partition coefficient (Wildman–Crippen LogP) is 2.38. The number of amides is 2. The minimum atomic E-state index is -3.24. The number of hydrogen-bond donors (Lipinski definition) is 3. The SMILES string of the molecule is C.O=C(NNC(=O)C(F)F)c1cnc(NC2(c3cccc(F)c3)CC2)nc1. The van der Waals surface area contributed by atoms with E-state index in [4.69, 9.17) is 0 Å². The summed E-state index contributed by atoms with van der Waals surface area (Å²) in [6.45, 7) is 0. The van der Waals surface area contributed by atoms with Gasteiger partial charge in [0.1, 0.15) is 5.82 Å². The normalized spacial score (nSPS) is 14.1. The number of aromatic nitrogens is 2. The number of alkyl halides is 2. The van der Waals surface area contributed by atoms with E-state index in [1.54, 1.807) is 17.6 Å². The number of halogens is 3. The highest BCUT2D eigenvalue weighted by molar-refractivity contribution is 5.95. The van der Waals surface area contributed by atoms with Crippen molar-refractivity contribution >= 4 is 17.8 Å². The standard InChI is InChI=1S/C16H14F3N5O2.CH4/c17-11-3-1-2-10(6-11)16(4-5-16)22-15-20-7-9(8-21-15)13(25)23-24-14(26)12(18)19;/h1-3,6-8,12H,4-5H2,(H,23,25)(H,24,26)(H,20,21,22);1H4. The molecule has 1 aromatic carbocycles. The summed E-state index contributed by atoms with van der Waals surface area (Å²) in [5, 5.41) is 3.11. The highest BCUT2D eigenvalue weighted by Crippen LogP contribution is 2.47. The molecule has 7 nitrogen and oxygen atoms in total. The number of carbonyl (C=O) groups is 2. The Labute approximate surface area is 153 Å². The summed E-state index contributed by atoms with van der Waals surface area (Å²) in [6, 6.07) is 6.22. The second kappa shape index (κ2) is 8.02. The number of nitrogens with zero attached hydrogens (tertiary/aromatic N) is 2. The molecule has 0 saturated heterocycles. The van der Waals surface area contributed by atoms with Gasteiger partial charge in [-0.2, -0.15) is 8.78 Å². The summed E-state index contributed by atoms with van der Waals surface area (Å²) >= 11 is 0. The van der Waals surface area contributed by atoms with Gasteiger partial charge in [-0.25, -0.2) is 14.4 Å². The van der Waals surface area contributed by atoms with Gasteiger partial charge in [-0.3, -0.25) is 20.4 Å². The molecule has 3 N–H and O–H groups in total. The lowest BCUT2D eigenvalue weighted by atomic mass is 10.1. The first kappa shape index (κ1) is 20.1. The Balaban J connectivity index is 0.00000261. The molecule has 1 fully saturated rings. The average Bonchev–Trinajstić information content (AvgIpc) is 3.40. The molecule has 0 radical (unpaired) electrons. The van der Waals surface area contributed by atoms with Crippen molar-refractivity contribution in [3.05, 3.63) is 53.6 Å². The van der Waals surface area contributed by atoms with Gasteiger partial charge in [0.2, 0.25) is 5.95 Å². The van der Waals surface area contributed by atoms with Crippen LogP contribution in [0.1, 0.15) is 36.2 Å². The van der Waals surface area contributed by atoms with Gasteiger partial charge in [-0.05, 0) is 30.5 Å². The third kappa shape index (κ3) is 4.72. The first-order valence-electron chi connectivity index (χ1n) is 7.64. The fourth-order valence-electron chi connectivity index (χ4n) is 2.37. The Morgan fingerprint density at radius 3 is 2.33 bits per heavy atom. The summed E-state index contributed by atoms with van der Waals surface area (Å²) in [6.07, 6.45) is 0.682. The quantitative estimate of drug-likeness (QED) is 0.691. The Bertz CT molecular complexity index is 826. The van der Waals surface area contributed by atoms with E-state index in [1.165, 1.54) is 24.5 Å². The van der Waals surface area contributed by atoms with Gasteiger partial charge in [0.05, 0.1) is 11.1 Å². The van der Waals surface area contributed by atoms with Gasteiger partial charge in [0.15, 0.2) is 0 Å². The molecule has 10 heteroatoms. The highest BCUT2D eigenvalue weighted by atomic mass is 19.3. The molecule has 2 aromatic rings. The van der Waals surface area contributed by atoms with Crippen LogP contribution in [0.5, 0.6) is 0 Å². The molecule has 1 aliphatic rings. The van der Waals surface area contributed by atoms with Crippen LogP contribution in [0.2, 0.25) is 0 Å². The maximum atomic E-state index is 13.4. The topological polar surface area (TPSA) is 96.0 Å². The minimum Gasteiger partial charge on any atom is -0.345 e. The van der Waals surface area contributed by atoms with Crippen molar-refractivity contribution in [3.8, 4) is 0 Å². The van der Waals surface area contributed by atoms with E-state index in [1.807, 2.05) is 5.43 Å². The second-order valence-corrected chi connectivity index (χ2v) is 5.76. The van der Waals surface area contributed by atoms with Crippen LogP contribution in [0, 0.1) is 5.82 Å². The van der Waals surface area contributed by atoms with Gasteiger partial charge in [0, 0.05) is 12.4 Å². The fourth-order valence-corrected chi connectivity index (χ4v) is 2.37. The molecule has 0 aliphatic heterocycles. The van der Waals surface area contributed by atoms with Crippen molar-refractivity contribution in [3.63, 3.8) is 0 Å². The first-order chi connectivity index (χ1) is 12.4. The fraction of sp³-hybridized carbons (Fsp3) is 0.294. The van der Waals surface area contributed by atoms with E-state index < -0.39 is 23.8 Å². The molecule has 0 unspecified atom stereocenters. The van der Waals surface area contributed by atoms with Gasteiger partial charge in [-0.15, -0.1) is 0 Å². The molecule has 144 valence electrons. The maximum Gasteiger partial charge on any atom is 0.317 e. The van der Waals surface area contributed by atoms with Gasteiger partial charge in [0.25, 0.3) is 5.91 Å². The van der Waals surface area contributed by atoms with Crippen molar-refractivity contribution in [2.45, 2.75) is 32.2 Å². The number of hydrazine groups is 1. The zero-order valence-corrected chi connectivity index (χ0v) is 13.3. The van der Waals surface area contributed by atoms with Crippen LogP contribution >= 0.6 is 0 Å². The molecule has 0 atom stereocenters. The van der Waals surface area contributed by atoms with Crippen molar-refractivity contribution < 1.29 is 22.8 Å². The van der Waals surface area contributed by atoms with Gasteiger partial charge >= 0.3 is 12.3 Å². The second-order valence-electron chi connectivity index (χ2n) is 5.76. The van der Waals surface area contributed by atoms with Crippen molar-refractivity contribution in [2.75, 3.05) is 5.32 Å². The third-order valence-corrected chi connectivity index (χ3v) is 3.89. The molecule has 2 amide bonds. The summed E-state index contributed by atoms with van der Waals surface area (Å²) < 4.78 is 37.5. The van der Waals surface area contributed by atoms with Gasteiger partial charge in [-0.1, -0.05) is 19.6 Å². The molecule has 1 saturated carbocycles. The summed E-state index contributed by atoms with van der Waals surface area (Å²) in [4.78, 5) is 30.4. The number of benzene rings is 1. The van der Waals surface area contributed by atoms with Crippen molar-refractivity contribution in [1.29, 1.82) is 0 Å². The van der Waals surface area contributed by atoms with Crippen LogP contribution < -0.4 is 16.2 Å². The molecule has 27 heavy (non-hydrogen) atoms. The summed E-state index contributed by atoms with van der Waals surface area (Å²) in [5.41, 5.74) is 3.71. The average molecular weight is 381 g/mol. The van der Waals surface area contributed by atoms with Crippen LogP contribution in [0.25, 0.3) is 0 Å². The monoisotopic (exact) mass is 381 g/mol. The summed E-state index contributed by atoms with van der Waals surface area (Å²) in [5.74, 6) is -2.56. The van der Waals surface area contributed by atoms with Crippen molar-refractivity contribution in [2.24, 2.45) is 0 Å². The largest absolute Gasteiger partial charge is 0.345 e. The van der Waals surface area contributed by atoms with E-state index in [2.05, 4.69) is 15.3 Å². The lowest BCUT2D eigenvalue weighted by Crippen LogP contribution is -2.44. The predicted molar refractivity (Wildman–Crippen MR) is 91.3 cm³/mol. The van der Waals surface area contributed by atoms with Crippen molar-refractivity contribution in [1.82, 2.24) is 20.8 Å². The van der Waals surface area contributed by atoms with Crippen LogP contribution in [0.4, 0.5) is 19.1 Å². The first-order valence-corrected chi connectivity index (χ1v) is 7.64. The Kier molecular flexibility index (Phi) is 5.98. The molecular weight excluding hydrogens is 363 g/mol. The highest BCUT2D eigenvalue weighted by Gasteiger charge is 2.45. The zero-order valence-electron chi connectivity index (χ0n) is 13.3. The lowest BCUT2D eigenvalue weighted by molar-refractivity contribution is -0.132. The van der Waals surface area contributed by atoms with E-state index in [-0.39, 0.29) is 24.8 Å². The minimum absolute atomic E-state index is 0. The molecule has 0 spiro atoms. The number of carbonyl (C=O) groups excluding carboxylic acids is 2. The van der Waals surface area contributed by atoms with E-state index in [9.17, 15) is 22.8 Å². The van der Waals surface area contributed by atoms with E-state index >= 15 is 0 Å². The van der Waals surface area contributed by atoms with Crippen LogP contribution in [-0.4, -0.2) is 28.2 Å². The number of rotatable bonds is 5. The number of nitrogens with one attached hydrogen (secondary N) is 3. The van der Waals surface area contributed by atoms with Crippen LogP contribution in [0.15, 0.2) is 36.7 Å². The summed E-state index contributed by atoms with van der Waals surface area (Å²) in [7, 11) is 0. The molecule has 1 aromatic heterocycles. The smallest absolute Gasteiger partial charge is 0.317 e.